The molecule has 0 spiro atoms. The molecule has 4 heteroatoms. The first-order valence-corrected chi connectivity index (χ1v) is 19.0. The average Bonchev–Trinajstić information content (AvgIpc) is 3.53. The number of phenols is 1. The van der Waals surface area contributed by atoms with Crippen molar-refractivity contribution in [2.24, 2.45) is 7.05 Å². The van der Waals surface area contributed by atoms with E-state index in [9.17, 15) is 5.11 Å². The summed E-state index contributed by atoms with van der Waals surface area (Å²) in [5.74, 6) is 1.02. The van der Waals surface area contributed by atoms with E-state index in [1.165, 1.54) is 11.1 Å². The second-order valence-electron chi connectivity index (χ2n) is 16.6. The van der Waals surface area contributed by atoms with E-state index in [4.69, 9.17) is 9.97 Å². The molecule has 4 nitrogen and oxygen atoms in total. The number of hydrogen-bond acceptors (Lipinski definition) is 3. The highest BCUT2D eigenvalue weighted by molar-refractivity contribution is 5.97. The van der Waals surface area contributed by atoms with Gasteiger partial charge in [-0.3, -0.25) is 4.98 Å². The molecule has 0 amide bonds. The number of benzene rings is 6. The van der Waals surface area contributed by atoms with Crippen molar-refractivity contribution in [3.8, 4) is 72.9 Å². The Morgan fingerprint density at radius 2 is 1.04 bits per heavy atom. The Balaban J connectivity index is 1.36. The number of imidazole rings is 1. The minimum atomic E-state index is -0.254. The summed E-state index contributed by atoms with van der Waals surface area (Å²) in [6.45, 7) is 13.1. The van der Waals surface area contributed by atoms with Gasteiger partial charge in [-0.25, -0.2) is 4.98 Å². The largest absolute Gasteiger partial charge is 0.507 e. The van der Waals surface area contributed by atoms with Crippen LogP contribution in [0.5, 0.6) is 5.75 Å². The van der Waals surface area contributed by atoms with Crippen molar-refractivity contribution in [3.05, 3.63) is 163 Å². The molecule has 0 fully saturated rings. The molecule has 6 aromatic carbocycles. The predicted molar refractivity (Wildman–Crippen MR) is 230 cm³/mol. The molecule has 0 aliphatic carbocycles. The Bertz CT molecular complexity index is 2600. The summed E-state index contributed by atoms with van der Waals surface area (Å²) in [5.41, 5.74) is 15.2. The minimum absolute atomic E-state index is 0.112. The number of phenolic OH excluding ortho intramolecular Hbond substituents is 1. The van der Waals surface area contributed by atoms with Gasteiger partial charge in [0, 0.05) is 29.9 Å². The van der Waals surface area contributed by atoms with Crippen LogP contribution >= 0.6 is 0 Å². The molecule has 0 bridgehead atoms. The highest BCUT2D eigenvalue weighted by atomic mass is 16.3. The molecule has 2 aromatic heterocycles. The summed E-state index contributed by atoms with van der Waals surface area (Å²) in [4.78, 5) is 10.2. The van der Waals surface area contributed by atoms with Gasteiger partial charge in [0.05, 0.1) is 22.3 Å². The lowest BCUT2D eigenvalue weighted by Gasteiger charge is -2.27. The van der Waals surface area contributed by atoms with Crippen molar-refractivity contribution in [1.29, 1.82) is 0 Å². The molecule has 0 saturated carbocycles. The minimum Gasteiger partial charge on any atom is -0.507 e. The molecule has 8 rings (SSSR count). The molecule has 1 N–H and O–H groups in total. The van der Waals surface area contributed by atoms with Gasteiger partial charge in [0.1, 0.15) is 11.6 Å². The molecule has 0 saturated heterocycles. The van der Waals surface area contributed by atoms with Crippen LogP contribution in [0.3, 0.4) is 0 Å². The molecular weight excluding hydrogens is 671 g/mol. The zero-order chi connectivity index (χ0) is 38.5. The maximum Gasteiger partial charge on any atom is 0.144 e. The maximum atomic E-state index is 11.9. The molecule has 272 valence electrons. The highest BCUT2D eigenvalue weighted by Gasteiger charge is 2.27. The van der Waals surface area contributed by atoms with E-state index in [1.54, 1.807) is 0 Å². The van der Waals surface area contributed by atoms with Crippen LogP contribution < -0.4 is 0 Å². The molecular formula is C51H47N3O. The summed E-state index contributed by atoms with van der Waals surface area (Å²) >= 11 is 0. The highest BCUT2D eigenvalue weighted by Crippen LogP contribution is 2.44. The SMILES string of the molecule is Cn1c(-c2cc(C(C)(C)C)cc(C(C)(C)C)c2O)nc2c(-c3cc(-c4cc(-c5ccccc5)cc(-c5ccccc5)c4)cc(-c4ccccn4)c3)cccc21. The third-order valence-electron chi connectivity index (χ3n) is 10.6. The third-order valence-corrected chi connectivity index (χ3v) is 10.6. The summed E-state index contributed by atoms with van der Waals surface area (Å²) in [7, 11) is 2.05. The van der Waals surface area contributed by atoms with E-state index < -0.39 is 0 Å². The van der Waals surface area contributed by atoms with E-state index in [0.29, 0.717) is 0 Å². The lowest BCUT2D eigenvalue weighted by molar-refractivity contribution is 0.446. The van der Waals surface area contributed by atoms with Gasteiger partial charge in [-0.15, -0.1) is 0 Å². The summed E-state index contributed by atoms with van der Waals surface area (Å²) in [6.07, 6.45) is 1.85. The fourth-order valence-electron chi connectivity index (χ4n) is 7.52. The average molecular weight is 718 g/mol. The normalized spacial score (nSPS) is 12.0. The molecule has 0 radical (unpaired) electrons. The standard InChI is InChI=1S/C51H47N3O/c1-50(2,3)41-31-43(48(55)44(32-41)51(4,5)6)49-53-47-42(21-16-23-46(47)54(49)7)39-28-38(29-40(30-39)45-22-14-15-24-52-45)37-26-35(33-17-10-8-11-18-33)25-36(27-37)34-19-12-9-13-20-34/h8-32,55H,1-7H3. The van der Waals surface area contributed by atoms with Crippen LogP contribution in [0.25, 0.3) is 78.2 Å². The first-order chi connectivity index (χ1) is 26.3. The van der Waals surface area contributed by atoms with Crippen LogP contribution in [0.15, 0.2) is 152 Å². The Morgan fingerprint density at radius 1 is 0.491 bits per heavy atom. The van der Waals surface area contributed by atoms with Crippen molar-refractivity contribution >= 4 is 11.0 Å². The van der Waals surface area contributed by atoms with Gasteiger partial charge >= 0.3 is 0 Å². The van der Waals surface area contributed by atoms with Crippen LogP contribution in [-0.2, 0) is 17.9 Å². The van der Waals surface area contributed by atoms with E-state index in [-0.39, 0.29) is 16.6 Å². The molecule has 0 aliphatic heterocycles. The summed E-state index contributed by atoms with van der Waals surface area (Å²) in [5, 5.41) is 11.9. The fourth-order valence-corrected chi connectivity index (χ4v) is 7.52. The van der Waals surface area contributed by atoms with E-state index in [0.717, 1.165) is 78.2 Å². The number of fused-ring (bicyclic) bond motifs is 1. The first-order valence-electron chi connectivity index (χ1n) is 19.0. The topological polar surface area (TPSA) is 50.9 Å². The molecule has 8 aromatic rings. The molecule has 55 heavy (non-hydrogen) atoms. The zero-order valence-corrected chi connectivity index (χ0v) is 32.7. The number of aromatic nitrogens is 3. The lowest BCUT2D eigenvalue weighted by Crippen LogP contribution is -2.17. The molecule has 2 heterocycles. The van der Waals surface area contributed by atoms with Crippen molar-refractivity contribution in [1.82, 2.24) is 14.5 Å². The van der Waals surface area contributed by atoms with E-state index >= 15 is 0 Å². The number of nitrogens with zero attached hydrogens (tertiary/aromatic N) is 3. The first kappa shape index (κ1) is 35.8. The van der Waals surface area contributed by atoms with Gasteiger partial charge in [-0.05, 0) is 116 Å². The van der Waals surface area contributed by atoms with Crippen LogP contribution in [0.1, 0.15) is 52.7 Å². The van der Waals surface area contributed by atoms with Crippen molar-refractivity contribution in [2.75, 3.05) is 0 Å². The van der Waals surface area contributed by atoms with Gasteiger partial charge in [-0.1, -0.05) is 126 Å². The third kappa shape index (κ3) is 6.97. The number of aromatic hydroxyl groups is 1. The Kier molecular flexibility index (Phi) is 9.01. The zero-order valence-electron chi connectivity index (χ0n) is 32.7. The Labute approximate surface area is 324 Å². The summed E-state index contributed by atoms with van der Waals surface area (Å²) < 4.78 is 2.12. The van der Waals surface area contributed by atoms with E-state index in [2.05, 4.69) is 180 Å². The number of aryl methyl sites for hydroxylation is 1. The number of pyridine rings is 1. The van der Waals surface area contributed by atoms with Crippen molar-refractivity contribution in [2.45, 2.75) is 52.4 Å². The van der Waals surface area contributed by atoms with Gasteiger partial charge in [0.2, 0.25) is 0 Å². The number of hydrogen-bond donors (Lipinski definition) is 1. The number of rotatable bonds is 6. The Hall–Kier alpha value is -6.26. The van der Waals surface area contributed by atoms with Gasteiger partial charge in [0.15, 0.2) is 0 Å². The van der Waals surface area contributed by atoms with Crippen LogP contribution in [-0.4, -0.2) is 19.6 Å². The monoisotopic (exact) mass is 717 g/mol. The Morgan fingerprint density at radius 3 is 1.60 bits per heavy atom. The van der Waals surface area contributed by atoms with Gasteiger partial charge in [-0.2, -0.15) is 0 Å². The van der Waals surface area contributed by atoms with Gasteiger partial charge < -0.3 is 9.67 Å². The second kappa shape index (κ2) is 13.9. The second-order valence-corrected chi connectivity index (χ2v) is 16.6. The quantitative estimate of drug-likeness (QED) is 0.186. The fraction of sp³-hybridized carbons (Fsp3) is 0.176. The lowest BCUT2D eigenvalue weighted by atomic mass is 9.79. The van der Waals surface area contributed by atoms with E-state index in [1.807, 2.05) is 25.4 Å². The number of para-hydroxylation sites is 1. The maximum absolute atomic E-state index is 11.9. The van der Waals surface area contributed by atoms with Crippen LogP contribution in [0.2, 0.25) is 0 Å². The predicted octanol–water partition coefficient (Wildman–Crippen LogP) is 13.3. The molecule has 0 atom stereocenters. The van der Waals surface area contributed by atoms with Crippen molar-refractivity contribution < 1.29 is 5.11 Å². The van der Waals surface area contributed by atoms with Crippen molar-refractivity contribution in [3.63, 3.8) is 0 Å². The summed E-state index contributed by atoms with van der Waals surface area (Å²) in [6, 6.07) is 51.5. The van der Waals surface area contributed by atoms with Gasteiger partial charge in [0.25, 0.3) is 0 Å². The van der Waals surface area contributed by atoms with Crippen LogP contribution in [0.4, 0.5) is 0 Å². The van der Waals surface area contributed by atoms with Crippen LogP contribution in [0, 0.1) is 0 Å². The smallest absolute Gasteiger partial charge is 0.144 e. The molecule has 0 aliphatic rings. The molecule has 0 unspecified atom stereocenters.